The van der Waals surface area contributed by atoms with Crippen molar-refractivity contribution in [2.75, 3.05) is 11.5 Å². The van der Waals surface area contributed by atoms with Gasteiger partial charge in [-0.3, -0.25) is 4.90 Å². The number of carbonyl (C=O) groups is 1. The summed E-state index contributed by atoms with van der Waals surface area (Å²) in [6.45, 7) is 0.383. The highest BCUT2D eigenvalue weighted by molar-refractivity contribution is 5.90. The lowest BCUT2D eigenvalue weighted by atomic mass is 10.2. The lowest BCUT2D eigenvalue weighted by Crippen LogP contribution is -2.27. The van der Waals surface area contributed by atoms with Gasteiger partial charge in [-0.2, -0.15) is 0 Å². The molecule has 1 saturated heterocycles. The molecule has 1 atom stereocenters. The van der Waals surface area contributed by atoms with E-state index >= 15 is 0 Å². The highest BCUT2D eigenvalue weighted by atomic mass is 16.6. The molecule has 4 nitrogen and oxygen atoms in total. The molecule has 0 saturated carbocycles. The zero-order chi connectivity index (χ0) is 11.7. The maximum Gasteiger partial charge on any atom is 0.415 e. The monoisotopic (exact) mass is 228 g/mol. The fourth-order valence-corrected chi connectivity index (χ4v) is 2.08. The van der Waals surface area contributed by atoms with Crippen molar-refractivity contribution in [1.29, 1.82) is 0 Å². The van der Waals surface area contributed by atoms with Crippen molar-refractivity contribution in [2.24, 2.45) is 0 Å². The number of benzene rings is 1. The van der Waals surface area contributed by atoms with Crippen LogP contribution >= 0.6 is 0 Å². The molecular weight excluding hydrogens is 216 g/mol. The van der Waals surface area contributed by atoms with Crippen molar-refractivity contribution in [3.63, 3.8) is 0 Å². The molecule has 1 aromatic heterocycles. The van der Waals surface area contributed by atoms with Crippen molar-refractivity contribution in [2.45, 2.75) is 6.04 Å². The van der Waals surface area contributed by atoms with Crippen molar-refractivity contribution in [3.05, 3.63) is 54.4 Å². The maximum atomic E-state index is 11.8. The quantitative estimate of drug-likeness (QED) is 0.858. The van der Waals surface area contributed by atoms with E-state index in [2.05, 4.69) is 4.98 Å². The van der Waals surface area contributed by atoms with E-state index < -0.39 is 0 Å². The molecule has 1 fully saturated rings. The largest absolute Gasteiger partial charge is 0.446 e. The Bertz CT molecular complexity index is 507. The van der Waals surface area contributed by atoms with Gasteiger partial charge in [0.1, 0.15) is 12.6 Å². The Morgan fingerprint density at radius 2 is 2.00 bits per heavy atom. The number of H-pyrrole nitrogens is 1. The minimum Gasteiger partial charge on any atom is -0.446 e. The fraction of sp³-hybridized carbons (Fsp3) is 0.154. The molecule has 0 bridgehead atoms. The number of aromatic amines is 1. The number of amides is 1. The van der Waals surface area contributed by atoms with Crippen LogP contribution < -0.4 is 4.90 Å². The zero-order valence-electron chi connectivity index (χ0n) is 9.17. The van der Waals surface area contributed by atoms with E-state index in [1.54, 1.807) is 4.90 Å². The summed E-state index contributed by atoms with van der Waals surface area (Å²) in [4.78, 5) is 16.6. The average molecular weight is 228 g/mol. The van der Waals surface area contributed by atoms with Gasteiger partial charge < -0.3 is 9.72 Å². The molecule has 1 N–H and O–H groups in total. The van der Waals surface area contributed by atoms with E-state index in [1.807, 2.05) is 48.7 Å². The van der Waals surface area contributed by atoms with E-state index in [4.69, 9.17) is 4.74 Å². The lowest BCUT2D eigenvalue weighted by molar-refractivity contribution is 0.178. The first kappa shape index (κ1) is 9.96. The Morgan fingerprint density at radius 1 is 1.18 bits per heavy atom. The van der Waals surface area contributed by atoms with Gasteiger partial charge in [0.05, 0.1) is 0 Å². The maximum absolute atomic E-state index is 11.8. The molecule has 0 aliphatic carbocycles. The minimum absolute atomic E-state index is 0.0695. The van der Waals surface area contributed by atoms with Gasteiger partial charge in [-0.15, -0.1) is 0 Å². The molecule has 3 rings (SSSR count). The average Bonchev–Trinajstić information content (AvgIpc) is 2.98. The molecule has 2 aromatic rings. The number of aromatic nitrogens is 1. The van der Waals surface area contributed by atoms with Crippen LogP contribution in [-0.2, 0) is 4.74 Å². The summed E-state index contributed by atoms with van der Waals surface area (Å²) in [5.41, 5.74) is 1.84. The molecular formula is C13H12N2O2. The molecule has 1 amide bonds. The van der Waals surface area contributed by atoms with Gasteiger partial charge in [-0.25, -0.2) is 4.79 Å². The Morgan fingerprint density at radius 3 is 2.71 bits per heavy atom. The molecule has 1 aliphatic rings. The molecule has 1 aromatic carbocycles. The van der Waals surface area contributed by atoms with Gasteiger partial charge in [-0.1, -0.05) is 18.2 Å². The van der Waals surface area contributed by atoms with E-state index in [0.717, 1.165) is 11.4 Å². The van der Waals surface area contributed by atoms with Gasteiger partial charge in [-0.05, 0) is 24.3 Å². The number of cyclic esters (lactones) is 1. The van der Waals surface area contributed by atoms with E-state index in [-0.39, 0.29) is 12.1 Å². The third-order valence-corrected chi connectivity index (χ3v) is 2.89. The van der Waals surface area contributed by atoms with Gasteiger partial charge in [0.2, 0.25) is 0 Å². The molecule has 2 heterocycles. The number of para-hydroxylation sites is 1. The number of ether oxygens (including phenoxy) is 1. The van der Waals surface area contributed by atoms with Gasteiger partial charge in [0.15, 0.2) is 0 Å². The second-order valence-electron chi connectivity index (χ2n) is 3.92. The predicted molar refractivity (Wildman–Crippen MR) is 63.8 cm³/mol. The fourth-order valence-electron chi connectivity index (χ4n) is 2.08. The number of nitrogens with one attached hydrogen (secondary N) is 1. The van der Waals surface area contributed by atoms with Crippen LogP contribution in [0.3, 0.4) is 0 Å². The third-order valence-electron chi connectivity index (χ3n) is 2.89. The number of nitrogens with zero attached hydrogens (tertiary/aromatic N) is 1. The van der Waals surface area contributed by atoms with Crippen molar-refractivity contribution in [3.8, 4) is 0 Å². The van der Waals surface area contributed by atoms with Crippen molar-refractivity contribution in [1.82, 2.24) is 4.98 Å². The standard InChI is InChI=1S/C13H12N2O2/c16-13-15(10-5-2-1-3-6-10)12(9-17-13)11-7-4-8-14-11/h1-8,12,14H,9H2. The molecule has 1 unspecified atom stereocenters. The first-order chi connectivity index (χ1) is 8.36. The SMILES string of the molecule is O=C1OCC(c2ccc[nH]2)N1c1ccccc1. The molecule has 17 heavy (non-hydrogen) atoms. The second-order valence-corrected chi connectivity index (χ2v) is 3.92. The van der Waals surface area contributed by atoms with E-state index in [9.17, 15) is 4.79 Å². The number of carbonyl (C=O) groups excluding carboxylic acids is 1. The summed E-state index contributed by atoms with van der Waals surface area (Å²) in [5, 5.41) is 0. The normalized spacial score (nSPS) is 19.4. The van der Waals surface area contributed by atoms with Crippen LogP contribution in [0.4, 0.5) is 10.5 Å². The second kappa shape index (κ2) is 3.97. The zero-order valence-corrected chi connectivity index (χ0v) is 9.17. The highest BCUT2D eigenvalue weighted by Gasteiger charge is 2.35. The summed E-state index contributed by atoms with van der Waals surface area (Å²) in [6, 6.07) is 13.4. The first-order valence-electron chi connectivity index (χ1n) is 5.50. The topological polar surface area (TPSA) is 45.3 Å². The number of hydrogen-bond donors (Lipinski definition) is 1. The number of hydrogen-bond acceptors (Lipinski definition) is 2. The smallest absolute Gasteiger partial charge is 0.415 e. The highest BCUT2D eigenvalue weighted by Crippen LogP contribution is 2.31. The van der Waals surface area contributed by atoms with Crippen LogP contribution in [0.15, 0.2) is 48.7 Å². The number of rotatable bonds is 2. The molecule has 0 spiro atoms. The third kappa shape index (κ3) is 1.67. The van der Waals surface area contributed by atoms with E-state index in [1.165, 1.54) is 0 Å². The van der Waals surface area contributed by atoms with Crippen molar-refractivity contribution >= 4 is 11.8 Å². The summed E-state index contributed by atoms with van der Waals surface area (Å²) in [7, 11) is 0. The lowest BCUT2D eigenvalue weighted by Gasteiger charge is -2.20. The van der Waals surface area contributed by atoms with Gasteiger partial charge >= 0.3 is 6.09 Å². The molecule has 4 heteroatoms. The molecule has 1 aliphatic heterocycles. The predicted octanol–water partition coefficient (Wildman–Crippen LogP) is 2.71. The summed E-state index contributed by atoms with van der Waals surface area (Å²) < 4.78 is 5.12. The van der Waals surface area contributed by atoms with Gasteiger partial charge in [0.25, 0.3) is 0 Å². The Hall–Kier alpha value is -2.23. The van der Waals surface area contributed by atoms with Crippen LogP contribution in [0.2, 0.25) is 0 Å². The Balaban J connectivity index is 1.98. The van der Waals surface area contributed by atoms with Crippen LogP contribution in [0.5, 0.6) is 0 Å². The summed E-state index contributed by atoms with van der Waals surface area (Å²) in [5.74, 6) is 0. The van der Waals surface area contributed by atoms with Crippen LogP contribution in [0.1, 0.15) is 11.7 Å². The Labute approximate surface area is 98.8 Å². The summed E-state index contributed by atoms with van der Waals surface area (Å²) in [6.07, 6.45) is 1.55. The van der Waals surface area contributed by atoms with Crippen LogP contribution in [0, 0.1) is 0 Å². The van der Waals surface area contributed by atoms with Gasteiger partial charge in [0, 0.05) is 17.6 Å². The number of anilines is 1. The Kier molecular flexibility index (Phi) is 2.33. The molecule has 86 valence electrons. The van der Waals surface area contributed by atoms with Crippen LogP contribution in [0.25, 0.3) is 0 Å². The van der Waals surface area contributed by atoms with Crippen molar-refractivity contribution < 1.29 is 9.53 Å². The minimum atomic E-state index is -0.296. The summed E-state index contributed by atoms with van der Waals surface area (Å²) >= 11 is 0. The first-order valence-corrected chi connectivity index (χ1v) is 5.50. The molecule has 0 radical (unpaired) electrons. The van der Waals surface area contributed by atoms with Crippen LogP contribution in [-0.4, -0.2) is 17.7 Å². The van der Waals surface area contributed by atoms with E-state index in [0.29, 0.717) is 6.61 Å².